The van der Waals surface area contributed by atoms with E-state index in [1.54, 1.807) is 6.08 Å². The third-order valence-corrected chi connectivity index (χ3v) is 1.88. The Bertz CT molecular complexity index is 160. The van der Waals surface area contributed by atoms with E-state index in [1.807, 2.05) is 0 Å². The summed E-state index contributed by atoms with van der Waals surface area (Å²) in [5.41, 5.74) is 0.601. The second-order valence-electron chi connectivity index (χ2n) is 3.02. The summed E-state index contributed by atoms with van der Waals surface area (Å²) in [4.78, 5) is 0. The van der Waals surface area contributed by atoms with Gasteiger partial charge in [-0.2, -0.15) is 0 Å². The van der Waals surface area contributed by atoms with Crippen molar-refractivity contribution in [2.75, 3.05) is 0 Å². The number of hydrogen-bond acceptors (Lipinski definition) is 0. The van der Waals surface area contributed by atoms with Gasteiger partial charge >= 0.3 is 6.98 Å². The van der Waals surface area contributed by atoms with Gasteiger partial charge in [0.15, 0.2) is 0 Å². The highest BCUT2D eigenvalue weighted by atomic mass is 19.4. The predicted molar refractivity (Wildman–Crippen MR) is 40.4 cm³/mol. The molecule has 4 heteroatoms. The van der Waals surface area contributed by atoms with Crippen LogP contribution in [-0.4, -0.2) is 6.98 Å². The molecule has 0 fully saturated rings. The molecule has 0 aliphatic heterocycles. The van der Waals surface area contributed by atoms with Gasteiger partial charge in [-0.25, -0.2) is 0 Å². The van der Waals surface area contributed by atoms with E-state index in [9.17, 15) is 12.9 Å². The average molecular weight is 163 g/mol. The Hall–Kier alpha value is -0.405. The largest absolute Gasteiger partial charge is 0.482 e. The van der Waals surface area contributed by atoms with Crippen molar-refractivity contribution < 1.29 is 12.9 Å². The van der Waals surface area contributed by atoms with Crippen LogP contribution in [0.4, 0.5) is 12.9 Å². The van der Waals surface area contributed by atoms with E-state index in [0.29, 0.717) is 12.0 Å². The lowest BCUT2D eigenvalue weighted by atomic mass is 9.78. The molecule has 0 aromatic carbocycles. The van der Waals surface area contributed by atoms with Crippen LogP contribution in [0.5, 0.6) is 0 Å². The van der Waals surface area contributed by atoms with Crippen LogP contribution in [0.1, 0.15) is 25.7 Å². The fraction of sp³-hybridized carbons (Fsp3) is 0.714. The van der Waals surface area contributed by atoms with Gasteiger partial charge in [0.25, 0.3) is 0 Å². The van der Waals surface area contributed by atoms with Crippen LogP contribution in [0.25, 0.3) is 0 Å². The van der Waals surface area contributed by atoms with E-state index in [1.165, 1.54) is 0 Å². The van der Waals surface area contributed by atoms with E-state index in [-0.39, 0.29) is 0 Å². The zero-order chi connectivity index (χ0) is 8.32. The van der Waals surface area contributed by atoms with Gasteiger partial charge in [0.05, 0.1) is 0 Å². The molecule has 0 atom stereocenters. The molecule has 0 nitrogen and oxygen atoms in total. The molecular formula is C7H11BF3-. The summed E-state index contributed by atoms with van der Waals surface area (Å²) in [6.07, 6.45) is 4.58. The Morgan fingerprint density at radius 1 is 1.27 bits per heavy atom. The van der Waals surface area contributed by atoms with Gasteiger partial charge in [0, 0.05) is 0 Å². The zero-order valence-corrected chi connectivity index (χ0v) is 6.32. The van der Waals surface area contributed by atoms with Gasteiger partial charge < -0.3 is 12.9 Å². The maximum Gasteiger partial charge on any atom is 0.482 e. The van der Waals surface area contributed by atoms with Gasteiger partial charge in [-0.1, -0.05) is 12.4 Å². The second-order valence-corrected chi connectivity index (χ2v) is 3.02. The third-order valence-electron chi connectivity index (χ3n) is 1.88. The minimum atomic E-state index is -4.60. The van der Waals surface area contributed by atoms with Gasteiger partial charge in [0.2, 0.25) is 0 Å². The molecule has 0 unspecified atom stereocenters. The maximum atomic E-state index is 11.9. The molecule has 1 aliphatic rings. The summed E-state index contributed by atoms with van der Waals surface area (Å²) in [7, 11) is 0. The highest BCUT2D eigenvalue weighted by Crippen LogP contribution is 2.27. The number of rotatable bonds is 2. The number of allylic oxidation sites excluding steroid dienone is 2. The SMILES string of the molecule is F[B-](F)(F)CC1=CCCCC1. The monoisotopic (exact) mass is 163 g/mol. The molecule has 0 spiro atoms. The molecule has 1 rings (SSSR count). The molecule has 0 bridgehead atoms. The second kappa shape index (κ2) is 3.33. The zero-order valence-electron chi connectivity index (χ0n) is 6.32. The molecule has 0 aromatic heterocycles. The van der Waals surface area contributed by atoms with Crippen LogP contribution in [0.2, 0.25) is 6.32 Å². The van der Waals surface area contributed by atoms with Crippen molar-refractivity contribution in [2.45, 2.75) is 32.0 Å². The van der Waals surface area contributed by atoms with E-state index in [2.05, 4.69) is 0 Å². The molecule has 0 amide bonds. The van der Waals surface area contributed by atoms with E-state index in [4.69, 9.17) is 0 Å². The van der Waals surface area contributed by atoms with E-state index >= 15 is 0 Å². The molecule has 0 saturated carbocycles. The predicted octanol–water partition coefficient (Wildman–Crippen LogP) is 3.33. The van der Waals surface area contributed by atoms with Crippen LogP contribution in [0, 0.1) is 0 Å². The highest BCUT2D eigenvalue weighted by Gasteiger charge is 2.24. The summed E-state index contributed by atoms with van der Waals surface area (Å²) in [5.74, 6) is 0. The van der Waals surface area contributed by atoms with Crippen molar-refractivity contribution in [3.63, 3.8) is 0 Å². The molecule has 11 heavy (non-hydrogen) atoms. The first-order valence-electron chi connectivity index (χ1n) is 3.97. The van der Waals surface area contributed by atoms with Gasteiger partial charge in [-0.15, -0.1) is 5.57 Å². The van der Waals surface area contributed by atoms with Gasteiger partial charge in [-0.3, -0.25) is 0 Å². The van der Waals surface area contributed by atoms with Crippen LogP contribution in [0.3, 0.4) is 0 Å². The minimum absolute atomic E-state index is 0.601. The molecule has 0 heterocycles. The van der Waals surface area contributed by atoms with Crippen molar-refractivity contribution in [3.05, 3.63) is 11.6 Å². The normalized spacial score (nSPS) is 19.7. The fourth-order valence-electron chi connectivity index (χ4n) is 1.39. The lowest BCUT2D eigenvalue weighted by Gasteiger charge is -2.19. The Kier molecular flexibility index (Phi) is 2.63. The first kappa shape index (κ1) is 8.69. The first-order chi connectivity index (χ1) is 5.08. The molecule has 0 N–H and O–H groups in total. The van der Waals surface area contributed by atoms with Crippen molar-refractivity contribution in [2.24, 2.45) is 0 Å². The molecule has 0 saturated heterocycles. The van der Waals surface area contributed by atoms with Crippen LogP contribution in [-0.2, 0) is 0 Å². The minimum Gasteiger partial charge on any atom is -0.449 e. The molecule has 1 aliphatic carbocycles. The van der Waals surface area contributed by atoms with E-state index in [0.717, 1.165) is 19.3 Å². The first-order valence-corrected chi connectivity index (χ1v) is 3.97. The van der Waals surface area contributed by atoms with E-state index < -0.39 is 13.3 Å². The van der Waals surface area contributed by atoms with Crippen LogP contribution >= 0.6 is 0 Å². The smallest absolute Gasteiger partial charge is 0.449 e. The summed E-state index contributed by atoms with van der Waals surface area (Å²) >= 11 is 0. The molecule has 64 valence electrons. The standard InChI is InChI=1S/C7H11BF3/c9-8(10,11)6-7-4-2-1-3-5-7/h4H,1-3,5-6H2/q-1. The lowest BCUT2D eigenvalue weighted by molar-refractivity contribution is 0.472. The van der Waals surface area contributed by atoms with Crippen molar-refractivity contribution in [1.82, 2.24) is 0 Å². The number of hydrogen-bond donors (Lipinski definition) is 0. The number of halogens is 3. The quantitative estimate of drug-likeness (QED) is 0.432. The van der Waals surface area contributed by atoms with Gasteiger partial charge in [-0.05, 0) is 25.7 Å². The molecule has 0 radical (unpaired) electrons. The Labute approximate surface area is 64.5 Å². The maximum absolute atomic E-state index is 11.9. The lowest BCUT2D eigenvalue weighted by Crippen LogP contribution is -2.15. The summed E-state index contributed by atoms with van der Waals surface area (Å²) in [6.45, 7) is -4.60. The van der Waals surface area contributed by atoms with Crippen molar-refractivity contribution in [1.29, 1.82) is 0 Å². The summed E-state index contributed by atoms with van der Waals surface area (Å²) in [5, 5.41) is 0. The Morgan fingerprint density at radius 3 is 2.45 bits per heavy atom. The van der Waals surface area contributed by atoms with Crippen molar-refractivity contribution in [3.8, 4) is 0 Å². The van der Waals surface area contributed by atoms with Crippen molar-refractivity contribution >= 4 is 6.98 Å². The van der Waals surface area contributed by atoms with Crippen LogP contribution in [0.15, 0.2) is 11.6 Å². The Morgan fingerprint density at radius 2 is 2.00 bits per heavy atom. The third kappa shape index (κ3) is 3.49. The fourth-order valence-corrected chi connectivity index (χ4v) is 1.39. The summed E-state index contributed by atoms with van der Waals surface area (Å²) in [6, 6.07) is 0. The topological polar surface area (TPSA) is 0 Å². The molecular weight excluding hydrogens is 152 g/mol. The average Bonchev–Trinajstić information content (AvgIpc) is 1.85. The van der Waals surface area contributed by atoms with Crippen LogP contribution < -0.4 is 0 Å². The van der Waals surface area contributed by atoms with Gasteiger partial charge in [0.1, 0.15) is 0 Å². The highest BCUT2D eigenvalue weighted by molar-refractivity contribution is 6.59. The summed E-state index contributed by atoms with van der Waals surface area (Å²) < 4.78 is 35.6. The molecule has 0 aromatic rings. The Balaban J connectivity index is 2.42.